The van der Waals surface area contributed by atoms with Crippen LogP contribution in [-0.4, -0.2) is 10.9 Å². The SMILES string of the molecule is CC(S)O[P+](=O)OC(C)S. The van der Waals surface area contributed by atoms with Crippen LogP contribution in [0.4, 0.5) is 0 Å². The lowest BCUT2D eigenvalue weighted by atomic mass is 10.9. The predicted molar refractivity (Wildman–Crippen MR) is 46.7 cm³/mol. The maximum Gasteiger partial charge on any atom is 0.699 e. The van der Waals surface area contributed by atoms with E-state index in [9.17, 15) is 4.57 Å². The topological polar surface area (TPSA) is 35.5 Å². The van der Waals surface area contributed by atoms with Crippen LogP contribution < -0.4 is 0 Å². The Hall–Kier alpha value is 0.720. The first kappa shape index (κ1) is 10.7. The van der Waals surface area contributed by atoms with E-state index in [-0.39, 0.29) is 10.9 Å². The molecule has 6 heteroatoms. The fourth-order valence-electron chi connectivity index (χ4n) is 0.274. The number of hydrogen-bond donors (Lipinski definition) is 2. The largest absolute Gasteiger partial charge is 0.699 e. The van der Waals surface area contributed by atoms with E-state index in [4.69, 9.17) is 0 Å². The van der Waals surface area contributed by atoms with Crippen LogP contribution in [0.2, 0.25) is 0 Å². The van der Waals surface area contributed by atoms with Crippen molar-refractivity contribution >= 4 is 33.5 Å². The van der Waals surface area contributed by atoms with Crippen LogP contribution in [0.25, 0.3) is 0 Å². The second kappa shape index (κ2) is 5.38. The van der Waals surface area contributed by atoms with Gasteiger partial charge in [0.15, 0.2) is 10.9 Å². The van der Waals surface area contributed by atoms with Gasteiger partial charge in [-0.2, -0.15) is 0 Å². The van der Waals surface area contributed by atoms with E-state index < -0.39 is 8.25 Å². The Morgan fingerprint density at radius 1 is 1.20 bits per heavy atom. The highest BCUT2D eigenvalue weighted by atomic mass is 32.1. The fraction of sp³-hybridized carbons (Fsp3) is 1.00. The van der Waals surface area contributed by atoms with E-state index in [0.29, 0.717) is 0 Å². The van der Waals surface area contributed by atoms with E-state index in [1.807, 2.05) is 0 Å². The second-order valence-electron chi connectivity index (χ2n) is 1.63. The van der Waals surface area contributed by atoms with Crippen molar-refractivity contribution in [3.63, 3.8) is 0 Å². The predicted octanol–water partition coefficient (Wildman–Crippen LogP) is 2.23. The Kier molecular flexibility index (Phi) is 5.77. The highest BCUT2D eigenvalue weighted by Gasteiger charge is 2.24. The Balaban J connectivity index is 3.44. The van der Waals surface area contributed by atoms with Gasteiger partial charge in [0.05, 0.1) is 0 Å². The average Bonchev–Trinajstić information content (AvgIpc) is 1.58. The third kappa shape index (κ3) is 6.83. The first-order valence-corrected chi connectivity index (χ1v) is 4.82. The van der Waals surface area contributed by atoms with Crippen LogP contribution in [-0.2, 0) is 13.6 Å². The maximum absolute atomic E-state index is 10.7. The van der Waals surface area contributed by atoms with Crippen molar-refractivity contribution in [2.75, 3.05) is 0 Å². The van der Waals surface area contributed by atoms with Gasteiger partial charge in [0, 0.05) is 4.57 Å². The van der Waals surface area contributed by atoms with Gasteiger partial charge in [0.25, 0.3) is 0 Å². The molecular weight excluding hydrogens is 191 g/mol. The number of hydrogen-bond acceptors (Lipinski definition) is 5. The van der Waals surface area contributed by atoms with Crippen LogP contribution in [0.5, 0.6) is 0 Å². The van der Waals surface area contributed by atoms with E-state index >= 15 is 0 Å². The Labute approximate surface area is 72.2 Å². The summed E-state index contributed by atoms with van der Waals surface area (Å²) in [5, 5.41) is 0. The van der Waals surface area contributed by atoms with E-state index in [0.717, 1.165) is 0 Å². The smallest absolute Gasteiger partial charge is 0.143 e. The molecule has 0 aliphatic heterocycles. The van der Waals surface area contributed by atoms with Gasteiger partial charge in [-0.05, 0) is 13.8 Å². The molecule has 0 aliphatic rings. The molecular formula is C4H10O3PS2+. The molecule has 0 aliphatic carbocycles. The van der Waals surface area contributed by atoms with Gasteiger partial charge in [-0.15, -0.1) is 34.3 Å². The summed E-state index contributed by atoms with van der Waals surface area (Å²) in [7, 11) is -2.06. The van der Waals surface area contributed by atoms with Gasteiger partial charge >= 0.3 is 8.25 Å². The first-order chi connectivity index (χ1) is 4.52. The summed E-state index contributed by atoms with van der Waals surface area (Å²) in [5.74, 6) is 0. The highest BCUT2D eigenvalue weighted by molar-refractivity contribution is 7.81. The molecule has 0 N–H and O–H groups in total. The molecule has 0 saturated carbocycles. The molecule has 0 aromatic heterocycles. The summed E-state index contributed by atoms with van der Waals surface area (Å²) in [5.41, 5.74) is -0.758. The summed E-state index contributed by atoms with van der Waals surface area (Å²) < 4.78 is 20.0. The van der Waals surface area contributed by atoms with Gasteiger partial charge in [-0.3, -0.25) is 0 Å². The Bertz CT molecular complexity index is 105. The van der Waals surface area contributed by atoms with Crippen molar-refractivity contribution in [3.8, 4) is 0 Å². The molecule has 0 amide bonds. The minimum Gasteiger partial charge on any atom is -0.143 e. The number of rotatable bonds is 4. The molecule has 0 radical (unpaired) electrons. The Morgan fingerprint density at radius 3 is 1.70 bits per heavy atom. The van der Waals surface area contributed by atoms with Gasteiger partial charge in [-0.25, -0.2) is 0 Å². The van der Waals surface area contributed by atoms with Crippen molar-refractivity contribution in [2.24, 2.45) is 0 Å². The third-order valence-corrected chi connectivity index (χ3v) is 2.00. The monoisotopic (exact) mass is 201 g/mol. The van der Waals surface area contributed by atoms with Gasteiger partial charge in [-0.1, -0.05) is 0 Å². The molecule has 2 atom stereocenters. The normalized spacial score (nSPS) is 18.2. The maximum atomic E-state index is 10.7. The molecule has 2 unspecified atom stereocenters. The standard InChI is InChI=1S/C4H9O3PS2/c1-3(9)6-8(5)7-4(2)10/h3-4H,1-2H3,(H-,9,10)/p+1. The summed E-state index contributed by atoms with van der Waals surface area (Å²) in [4.78, 5) is 0. The molecule has 0 aromatic carbocycles. The Morgan fingerprint density at radius 2 is 1.50 bits per heavy atom. The average molecular weight is 201 g/mol. The molecule has 0 saturated heterocycles. The van der Waals surface area contributed by atoms with Crippen LogP contribution >= 0.6 is 33.5 Å². The minimum absolute atomic E-state index is 0.379. The molecule has 0 rings (SSSR count). The van der Waals surface area contributed by atoms with Crippen LogP contribution in [0.3, 0.4) is 0 Å². The first-order valence-electron chi connectivity index (χ1n) is 2.69. The lowest BCUT2D eigenvalue weighted by Crippen LogP contribution is -1.96. The molecule has 10 heavy (non-hydrogen) atoms. The highest BCUT2D eigenvalue weighted by Crippen LogP contribution is 2.29. The summed E-state index contributed by atoms with van der Waals surface area (Å²) in [6, 6.07) is 0. The zero-order valence-corrected chi connectivity index (χ0v) is 8.40. The van der Waals surface area contributed by atoms with E-state index in [1.54, 1.807) is 13.8 Å². The summed E-state index contributed by atoms with van der Waals surface area (Å²) >= 11 is 7.70. The molecule has 0 bridgehead atoms. The van der Waals surface area contributed by atoms with Crippen LogP contribution in [0, 0.1) is 0 Å². The lowest BCUT2D eigenvalue weighted by molar-refractivity contribution is 0.217. The third-order valence-electron chi connectivity index (χ3n) is 0.477. The zero-order chi connectivity index (χ0) is 8.15. The summed E-state index contributed by atoms with van der Waals surface area (Å²) in [6.45, 7) is 3.31. The zero-order valence-electron chi connectivity index (χ0n) is 5.72. The lowest BCUT2D eigenvalue weighted by Gasteiger charge is -1.93. The van der Waals surface area contributed by atoms with Crippen molar-refractivity contribution in [3.05, 3.63) is 0 Å². The molecule has 0 fully saturated rings. The number of thiol groups is 2. The van der Waals surface area contributed by atoms with E-state index in [2.05, 4.69) is 34.3 Å². The summed E-state index contributed by atoms with van der Waals surface area (Å²) in [6.07, 6.45) is 0. The molecule has 0 aromatic rings. The van der Waals surface area contributed by atoms with Crippen molar-refractivity contribution in [1.29, 1.82) is 0 Å². The minimum atomic E-state index is -2.06. The van der Waals surface area contributed by atoms with Crippen LogP contribution in [0.1, 0.15) is 13.8 Å². The molecule has 0 spiro atoms. The van der Waals surface area contributed by atoms with E-state index in [1.165, 1.54) is 0 Å². The fourth-order valence-corrected chi connectivity index (χ4v) is 1.28. The molecule has 3 nitrogen and oxygen atoms in total. The second-order valence-corrected chi connectivity index (χ2v) is 3.96. The van der Waals surface area contributed by atoms with Gasteiger partial charge in [0.2, 0.25) is 0 Å². The molecule has 60 valence electrons. The quantitative estimate of drug-likeness (QED) is 0.416. The molecule has 0 heterocycles. The van der Waals surface area contributed by atoms with Crippen molar-refractivity contribution in [2.45, 2.75) is 24.7 Å². The van der Waals surface area contributed by atoms with Crippen molar-refractivity contribution in [1.82, 2.24) is 0 Å². The van der Waals surface area contributed by atoms with Gasteiger partial charge in [0.1, 0.15) is 0 Å². The van der Waals surface area contributed by atoms with Crippen molar-refractivity contribution < 1.29 is 13.6 Å². The van der Waals surface area contributed by atoms with Gasteiger partial charge < -0.3 is 0 Å². The van der Waals surface area contributed by atoms with Crippen LogP contribution in [0.15, 0.2) is 0 Å².